The molecule has 0 radical (unpaired) electrons. The Balaban J connectivity index is 3.35. The number of carbonyl (C=O) groups is 2. The van der Waals surface area contributed by atoms with E-state index in [0.717, 1.165) is 4.31 Å². The molecule has 0 aliphatic carbocycles. The molecule has 2 N–H and O–H groups in total. The van der Waals surface area contributed by atoms with Gasteiger partial charge in [-0.15, -0.1) is 0 Å². The molecule has 24 heavy (non-hydrogen) atoms. The number of carboxylic acids is 1. The molecule has 0 heterocycles. The van der Waals surface area contributed by atoms with E-state index in [1.807, 2.05) is 0 Å². The second-order valence-corrected chi connectivity index (χ2v) is 7.29. The first-order chi connectivity index (χ1) is 11.1. The van der Waals surface area contributed by atoms with Gasteiger partial charge in [-0.3, -0.25) is 9.59 Å². The number of amides is 1. The van der Waals surface area contributed by atoms with E-state index >= 15 is 0 Å². The van der Waals surface area contributed by atoms with E-state index in [-0.39, 0.29) is 23.1 Å². The Hall–Kier alpha value is -2.13. The van der Waals surface area contributed by atoms with Crippen molar-refractivity contribution in [3.63, 3.8) is 0 Å². The molecule has 0 aliphatic heterocycles. The Morgan fingerprint density at radius 3 is 2.42 bits per heavy atom. The van der Waals surface area contributed by atoms with Crippen molar-refractivity contribution in [1.82, 2.24) is 9.62 Å². The maximum atomic E-state index is 12.9. The van der Waals surface area contributed by atoms with Gasteiger partial charge in [-0.25, -0.2) is 8.42 Å². The van der Waals surface area contributed by atoms with Crippen LogP contribution in [0.4, 0.5) is 0 Å². The highest BCUT2D eigenvalue weighted by atomic mass is 32.2. The average Bonchev–Trinajstić information content (AvgIpc) is 2.49. The van der Waals surface area contributed by atoms with E-state index in [2.05, 4.69) is 5.32 Å². The Bertz CT molecular complexity index is 715. The summed E-state index contributed by atoms with van der Waals surface area (Å²) in [5.41, 5.74) is 0.559. The van der Waals surface area contributed by atoms with Crippen LogP contribution in [0.1, 0.15) is 26.3 Å². The molecule has 9 heteroatoms. The lowest BCUT2D eigenvalue weighted by atomic mass is 10.2. The van der Waals surface area contributed by atoms with Crippen LogP contribution < -0.4 is 10.1 Å². The fourth-order valence-corrected chi connectivity index (χ4v) is 3.86. The number of hydrogen-bond donors (Lipinski definition) is 2. The van der Waals surface area contributed by atoms with E-state index in [4.69, 9.17) is 9.84 Å². The average molecular weight is 358 g/mol. The number of benzene rings is 1. The molecule has 0 unspecified atom stereocenters. The van der Waals surface area contributed by atoms with Crippen molar-refractivity contribution in [2.45, 2.75) is 38.3 Å². The summed E-state index contributed by atoms with van der Waals surface area (Å²) in [6.45, 7) is 4.04. The summed E-state index contributed by atoms with van der Waals surface area (Å²) < 4.78 is 31.7. The Morgan fingerprint density at radius 2 is 1.96 bits per heavy atom. The molecular formula is C15H22N2O6S. The fraction of sp³-hybridized carbons (Fsp3) is 0.467. The number of carbonyl (C=O) groups excluding carboxylic acids is 1. The first kappa shape index (κ1) is 19.9. The minimum atomic E-state index is -4.08. The molecular weight excluding hydrogens is 336 g/mol. The van der Waals surface area contributed by atoms with E-state index in [9.17, 15) is 18.0 Å². The minimum Gasteiger partial charge on any atom is -0.495 e. The largest absolute Gasteiger partial charge is 0.495 e. The van der Waals surface area contributed by atoms with Crippen LogP contribution in [-0.2, 0) is 26.2 Å². The number of rotatable bonds is 8. The number of hydrogen-bond acceptors (Lipinski definition) is 5. The van der Waals surface area contributed by atoms with Crippen LogP contribution in [0.2, 0.25) is 0 Å². The topological polar surface area (TPSA) is 113 Å². The van der Waals surface area contributed by atoms with Crippen LogP contribution >= 0.6 is 0 Å². The predicted molar refractivity (Wildman–Crippen MR) is 87.2 cm³/mol. The number of ether oxygens (including phenoxy) is 1. The van der Waals surface area contributed by atoms with Crippen molar-refractivity contribution in [3.8, 4) is 5.75 Å². The lowest BCUT2D eigenvalue weighted by Crippen LogP contribution is -2.40. The van der Waals surface area contributed by atoms with Crippen molar-refractivity contribution < 1.29 is 27.9 Å². The summed E-state index contributed by atoms with van der Waals surface area (Å²) in [6, 6.07) is 3.94. The molecule has 1 amide bonds. The molecule has 0 saturated carbocycles. The molecule has 1 aromatic rings. The van der Waals surface area contributed by atoms with Crippen LogP contribution in [0.15, 0.2) is 23.1 Å². The van der Waals surface area contributed by atoms with Gasteiger partial charge < -0.3 is 15.2 Å². The van der Waals surface area contributed by atoms with Gasteiger partial charge in [-0.2, -0.15) is 4.31 Å². The van der Waals surface area contributed by atoms with Crippen molar-refractivity contribution >= 4 is 21.9 Å². The number of nitrogens with zero attached hydrogens (tertiary/aromatic N) is 1. The standard InChI is InChI=1S/C15H22N2O6S/c1-10(2)17(9-15(19)20)24(21,22)14-7-12(8-16-11(3)18)5-6-13(14)23-4/h5-7,10H,8-9H2,1-4H3,(H,16,18)(H,19,20). The Labute approximate surface area is 141 Å². The summed E-state index contributed by atoms with van der Waals surface area (Å²) in [5.74, 6) is -1.39. The quantitative estimate of drug-likeness (QED) is 0.711. The molecule has 0 bridgehead atoms. The zero-order valence-electron chi connectivity index (χ0n) is 14.1. The summed E-state index contributed by atoms with van der Waals surface area (Å²) in [6.07, 6.45) is 0. The maximum absolute atomic E-state index is 12.9. The van der Waals surface area contributed by atoms with Gasteiger partial charge in [0.05, 0.1) is 7.11 Å². The van der Waals surface area contributed by atoms with Gasteiger partial charge in [0, 0.05) is 19.5 Å². The normalized spacial score (nSPS) is 11.6. The molecule has 1 aromatic carbocycles. The first-order valence-electron chi connectivity index (χ1n) is 7.24. The molecule has 0 fully saturated rings. The predicted octanol–water partition coefficient (Wildman–Crippen LogP) is 0.815. The highest BCUT2D eigenvalue weighted by molar-refractivity contribution is 7.89. The number of methoxy groups -OCH3 is 1. The molecule has 0 saturated heterocycles. The second-order valence-electron chi connectivity index (χ2n) is 5.43. The van der Waals surface area contributed by atoms with Crippen molar-refractivity contribution in [2.75, 3.05) is 13.7 Å². The summed E-state index contributed by atoms with van der Waals surface area (Å²) >= 11 is 0. The number of aliphatic carboxylic acids is 1. The molecule has 1 rings (SSSR count). The van der Waals surface area contributed by atoms with Gasteiger partial charge in [0.2, 0.25) is 15.9 Å². The Kier molecular flexibility index (Phi) is 6.73. The van der Waals surface area contributed by atoms with Gasteiger partial charge in [0.15, 0.2) is 0 Å². The highest BCUT2D eigenvalue weighted by Gasteiger charge is 2.31. The van der Waals surface area contributed by atoms with E-state index in [0.29, 0.717) is 5.56 Å². The van der Waals surface area contributed by atoms with E-state index < -0.39 is 28.6 Å². The molecule has 0 spiro atoms. The lowest BCUT2D eigenvalue weighted by molar-refractivity contribution is -0.137. The maximum Gasteiger partial charge on any atom is 0.318 e. The van der Waals surface area contributed by atoms with Gasteiger partial charge in [0.25, 0.3) is 0 Å². The molecule has 0 aromatic heterocycles. The zero-order valence-corrected chi connectivity index (χ0v) is 14.9. The number of nitrogens with one attached hydrogen (secondary N) is 1. The third-order valence-corrected chi connectivity index (χ3v) is 5.27. The summed E-state index contributed by atoms with van der Waals surface area (Å²) in [7, 11) is -2.75. The second kappa shape index (κ2) is 8.11. The van der Waals surface area contributed by atoms with Crippen LogP contribution in [0.5, 0.6) is 5.75 Å². The SMILES string of the molecule is COc1ccc(CNC(C)=O)cc1S(=O)(=O)N(CC(=O)O)C(C)C. The molecule has 0 aliphatic rings. The molecule has 0 atom stereocenters. The van der Waals surface area contributed by atoms with Crippen LogP contribution in [0, 0.1) is 0 Å². The monoisotopic (exact) mass is 358 g/mol. The first-order valence-corrected chi connectivity index (χ1v) is 8.68. The zero-order chi connectivity index (χ0) is 18.5. The molecule has 134 valence electrons. The third kappa shape index (κ3) is 4.93. The van der Waals surface area contributed by atoms with Gasteiger partial charge in [-0.1, -0.05) is 6.07 Å². The lowest BCUT2D eigenvalue weighted by Gasteiger charge is -2.25. The van der Waals surface area contributed by atoms with Crippen LogP contribution in [0.25, 0.3) is 0 Å². The Morgan fingerprint density at radius 1 is 1.33 bits per heavy atom. The van der Waals surface area contributed by atoms with E-state index in [1.54, 1.807) is 19.9 Å². The minimum absolute atomic E-state index is 0.109. The van der Waals surface area contributed by atoms with Crippen LogP contribution in [0.3, 0.4) is 0 Å². The van der Waals surface area contributed by atoms with Gasteiger partial charge in [0.1, 0.15) is 17.2 Å². The van der Waals surface area contributed by atoms with Crippen LogP contribution in [-0.4, -0.2) is 49.4 Å². The van der Waals surface area contributed by atoms with Crippen molar-refractivity contribution in [3.05, 3.63) is 23.8 Å². The number of carboxylic acid groups (broad SMARTS) is 1. The fourth-order valence-electron chi connectivity index (χ4n) is 2.06. The molecule has 8 nitrogen and oxygen atoms in total. The van der Waals surface area contributed by atoms with E-state index in [1.165, 1.54) is 26.2 Å². The van der Waals surface area contributed by atoms with Gasteiger partial charge >= 0.3 is 5.97 Å². The highest BCUT2D eigenvalue weighted by Crippen LogP contribution is 2.29. The number of sulfonamides is 1. The third-order valence-electron chi connectivity index (χ3n) is 3.22. The van der Waals surface area contributed by atoms with Crippen molar-refractivity contribution in [2.24, 2.45) is 0 Å². The summed E-state index contributed by atoms with van der Waals surface area (Å²) in [4.78, 5) is 21.9. The smallest absolute Gasteiger partial charge is 0.318 e. The summed E-state index contributed by atoms with van der Waals surface area (Å²) in [5, 5.41) is 11.6. The van der Waals surface area contributed by atoms with Gasteiger partial charge in [-0.05, 0) is 31.5 Å². The van der Waals surface area contributed by atoms with Crippen molar-refractivity contribution in [1.29, 1.82) is 0 Å².